The van der Waals surface area contributed by atoms with E-state index in [2.05, 4.69) is 4.90 Å². The van der Waals surface area contributed by atoms with E-state index in [0.29, 0.717) is 19.6 Å². The highest BCUT2D eigenvalue weighted by Gasteiger charge is 2.32. The molecule has 20 heavy (non-hydrogen) atoms. The number of likely N-dealkylation sites (N-methyl/N-ethyl adjacent to an activating group) is 1. The highest BCUT2D eigenvalue weighted by molar-refractivity contribution is 7.89. The Labute approximate surface area is 119 Å². The number of anilines is 1. The summed E-state index contributed by atoms with van der Waals surface area (Å²) in [5.41, 5.74) is 5.77. The van der Waals surface area contributed by atoms with Crippen LogP contribution in [0.1, 0.15) is 13.8 Å². The number of piperazine rings is 1. The van der Waals surface area contributed by atoms with Crippen LogP contribution < -0.4 is 5.73 Å². The predicted molar refractivity (Wildman–Crippen MR) is 76.3 cm³/mol. The fourth-order valence-corrected chi connectivity index (χ4v) is 4.16. The molecule has 112 valence electrons. The molecule has 0 spiro atoms. The standard InChI is InChI=1S/C13H20FN3O2S/c1-3-16-6-7-17(9-10(16)2)20(18,19)13-8-11(14)4-5-12(13)15/h4-5,8,10H,3,6-7,9,15H2,1-2H3. The number of nitrogens with zero attached hydrogens (tertiary/aromatic N) is 2. The van der Waals surface area contributed by atoms with Gasteiger partial charge in [-0.15, -0.1) is 0 Å². The second-order valence-corrected chi connectivity index (χ2v) is 6.93. The molecule has 2 rings (SSSR count). The summed E-state index contributed by atoms with van der Waals surface area (Å²) in [5, 5.41) is 0. The highest BCUT2D eigenvalue weighted by atomic mass is 32.2. The quantitative estimate of drug-likeness (QED) is 0.850. The van der Waals surface area contributed by atoms with Crippen LogP contribution in [0.25, 0.3) is 0 Å². The van der Waals surface area contributed by atoms with Gasteiger partial charge in [0.15, 0.2) is 0 Å². The molecule has 0 amide bonds. The minimum absolute atomic E-state index is 0.0805. The molecular weight excluding hydrogens is 281 g/mol. The monoisotopic (exact) mass is 301 g/mol. The van der Waals surface area contributed by atoms with Crippen molar-refractivity contribution in [3.8, 4) is 0 Å². The highest BCUT2D eigenvalue weighted by Crippen LogP contribution is 2.25. The molecule has 1 unspecified atom stereocenters. The molecule has 1 saturated heterocycles. The zero-order valence-electron chi connectivity index (χ0n) is 11.7. The molecule has 2 N–H and O–H groups in total. The molecule has 1 aromatic carbocycles. The van der Waals surface area contributed by atoms with Gasteiger partial charge in [-0.2, -0.15) is 4.31 Å². The van der Waals surface area contributed by atoms with Crippen LogP contribution in [-0.4, -0.2) is 49.8 Å². The molecule has 1 atom stereocenters. The van der Waals surface area contributed by atoms with Crippen LogP contribution in [0, 0.1) is 5.82 Å². The lowest BCUT2D eigenvalue weighted by molar-refractivity contribution is 0.135. The van der Waals surface area contributed by atoms with Crippen molar-refractivity contribution in [3.05, 3.63) is 24.0 Å². The first kappa shape index (κ1) is 15.2. The summed E-state index contributed by atoms with van der Waals surface area (Å²) in [6.07, 6.45) is 0. The number of hydrogen-bond donors (Lipinski definition) is 1. The Kier molecular flexibility index (Phi) is 4.31. The average Bonchev–Trinajstić information content (AvgIpc) is 2.41. The molecule has 0 saturated carbocycles. The molecule has 5 nitrogen and oxygen atoms in total. The summed E-state index contributed by atoms with van der Waals surface area (Å²) in [6, 6.07) is 3.57. The van der Waals surface area contributed by atoms with E-state index in [-0.39, 0.29) is 16.6 Å². The van der Waals surface area contributed by atoms with Crippen molar-refractivity contribution in [2.45, 2.75) is 24.8 Å². The number of rotatable bonds is 3. The Morgan fingerprint density at radius 1 is 1.40 bits per heavy atom. The second kappa shape index (κ2) is 5.67. The van der Waals surface area contributed by atoms with Crippen molar-refractivity contribution >= 4 is 15.7 Å². The van der Waals surface area contributed by atoms with Gasteiger partial charge in [-0.05, 0) is 31.7 Å². The van der Waals surface area contributed by atoms with E-state index in [0.717, 1.165) is 18.7 Å². The Morgan fingerprint density at radius 2 is 2.10 bits per heavy atom. The molecule has 0 aliphatic carbocycles. The predicted octanol–water partition coefficient (Wildman–Crippen LogP) is 1.12. The van der Waals surface area contributed by atoms with Gasteiger partial charge >= 0.3 is 0 Å². The van der Waals surface area contributed by atoms with Gasteiger partial charge in [-0.1, -0.05) is 6.92 Å². The number of nitrogens with two attached hydrogens (primary N) is 1. The molecule has 1 fully saturated rings. The first-order chi connectivity index (χ1) is 9.36. The normalized spacial score (nSPS) is 22.1. The van der Waals surface area contributed by atoms with Gasteiger partial charge in [0.1, 0.15) is 10.7 Å². The van der Waals surface area contributed by atoms with Crippen LogP contribution in [-0.2, 0) is 10.0 Å². The van der Waals surface area contributed by atoms with E-state index in [1.54, 1.807) is 0 Å². The fourth-order valence-electron chi connectivity index (χ4n) is 2.52. The SMILES string of the molecule is CCN1CCN(S(=O)(=O)c2cc(F)ccc2N)CC1C. The number of benzene rings is 1. The molecule has 0 aromatic heterocycles. The number of halogens is 1. The van der Waals surface area contributed by atoms with E-state index in [1.165, 1.54) is 10.4 Å². The van der Waals surface area contributed by atoms with Crippen molar-refractivity contribution in [3.63, 3.8) is 0 Å². The topological polar surface area (TPSA) is 66.6 Å². The zero-order valence-corrected chi connectivity index (χ0v) is 12.5. The van der Waals surface area contributed by atoms with Crippen LogP contribution >= 0.6 is 0 Å². The van der Waals surface area contributed by atoms with Crippen molar-refractivity contribution < 1.29 is 12.8 Å². The summed E-state index contributed by atoms with van der Waals surface area (Å²) in [6.45, 7) is 6.39. The van der Waals surface area contributed by atoms with E-state index < -0.39 is 15.8 Å². The van der Waals surface area contributed by atoms with Crippen molar-refractivity contribution in [2.75, 3.05) is 31.9 Å². The maximum absolute atomic E-state index is 13.3. The number of sulfonamides is 1. The van der Waals surface area contributed by atoms with Gasteiger partial charge in [0.25, 0.3) is 0 Å². The molecule has 1 aromatic rings. The Hall–Kier alpha value is -1.18. The third kappa shape index (κ3) is 2.79. The van der Waals surface area contributed by atoms with Gasteiger partial charge in [0.05, 0.1) is 5.69 Å². The summed E-state index contributed by atoms with van der Waals surface area (Å²) in [5.74, 6) is -0.599. The Balaban J connectivity index is 2.30. The molecule has 7 heteroatoms. The van der Waals surface area contributed by atoms with Crippen LogP contribution in [0.4, 0.5) is 10.1 Å². The summed E-state index contributed by atoms with van der Waals surface area (Å²) in [4.78, 5) is 2.07. The van der Waals surface area contributed by atoms with Crippen LogP contribution in [0.15, 0.2) is 23.1 Å². The van der Waals surface area contributed by atoms with E-state index in [1.807, 2.05) is 13.8 Å². The summed E-state index contributed by atoms with van der Waals surface area (Å²) < 4.78 is 39.8. The van der Waals surface area contributed by atoms with Gasteiger partial charge in [-0.25, -0.2) is 12.8 Å². The third-order valence-corrected chi connectivity index (χ3v) is 5.65. The lowest BCUT2D eigenvalue weighted by Crippen LogP contribution is -2.53. The summed E-state index contributed by atoms with van der Waals surface area (Å²) >= 11 is 0. The maximum atomic E-state index is 13.3. The zero-order chi connectivity index (χ0) is 14.9. The molecular formula is C13H20FN3O2S. The van der Waals surface area contributed by atoms with Gasteiger partial charge in [0.2, 0.25) is 10.0 Å². The van der Waals surface area contributed by atoms with Gasteiger partial charge in [0, 0.05) is 25.7 Å². The lowest BCUT2D eigenvalue weighted by Gasteiger charge is -2.38. The lowest BCUT2D eigenvalue weighted by atomic mass is 10.2. The number of nitrogen functional groups attached to an aromatic ring is 1. The first-order valence-electron chi connectivity index (χ1n) is 6.65. The smallest absolute Gasteiger partial charge is 0.245 e. The molecule has 1 aliphatic heterocycles. The Morgan fingerprint density at radius 3 is 2.70 bits per heavy atom. The first-order valence-corrected chi connectivity index (χ1v) is 8.09. The van der Waals surface area contributed by atoms with Crippen molar-refractivity contribution in [1.29, 1.82) is 0 Å². The largest absolute Gasteiger partial charge is 0.398 e. The fraction of sp³-hybridized carbons (Fsp3) is 0.538. The second-order valence-electron chi connectivity index (χ2n) is 5.02. The maximum Gasteiger partial charge on any atom is 0.245 e. The Bertz CT molecular complexity index is 591. The third-order valence-electron chi connectivity index (χ3n) is 3.73. The van der Waals surface area contributed by atoms with Crippen LogP contribution in [0.2, 0.25) is 0 Å². The molecule has 0 bridgehead atoms. The van der Waals surface area contributed by atoms with Gasteiger partial charge in [-0.3, -0.25) is 4.90 Å². The minimum Gasteiger partial charge on any atom is -0.398 e. The van der Waals surface area contributed by atoms with E-state index >= 15 is 0 Å². The van der Waals surface area contributed by atoms with Crippen LogP contribution in [0.3, 0.4) is 0 Å². The van der Waals surface area contributed by atoms with E-state index in [9.17, 15) is 12.8 Å². The summed E-state index contributed by atoms with van der Waals surface area (Å²) in [7, 11) is -3.74. The molecule has 1 aliphatic rings. The van der Waals surface area contributed by atoms with Crippen molar-refractivity contribution in [1.82, 2.24) is 9.21 Å². The average molecular weight is 301 g/mol. The van der Waals surface area contributed by atoms with E-state index in [4.69, 9.17) is 5.73 Å². The molecule has 0 radical (unpaired) electrons. The molecule has 1 heterocycles. The van der Waals surface area contributed by atoms with Crippen molar-refractivity contribution in [2.24, 2.45) is 0 Å². The van der Waals surface area contributed by atoms with Gasteiger partial charge < -0.3 is 5.73 Å². The van der Waals surface area contributed by atoms with Crippen LogP contribution in [0.5, 0.6) is 0 Å². The number of hydrogen-bond acceptors (Lipinski definition) is 4. The minimum atomic E-state index is -3.74.